The highest BCUT2D eigenvalue weighted by Gasteiger charge is 2.36. The summed E-state index contributed by atoms with van der Waals surface area (Å²) >= 11 is 6.34. The first kappa shape index (κ1) is 26.9. The number of ether oxygens (including phenoxy) is 2. The maximum atomic E-state index is 13.5. The summed E-state index contributed by atoms with van der Waals surface area (Å²) in [5.74, 6) is 1.06. The third-order valence-electron chi connectivity index (χ3n) is 8.11. The molecule has 0 spiro atoms. The first-order chi connectivity index (χ1) is 19.5. The van der Waals surface area contributed by atoms with Crippen LogP contribution in [-0.4, -0.2) is 53.7 Å². The first-order valence-electron chi connectivity index (χ1n) is 14.3. The van der Waals surface area contributed by atoms with Crippen LogP contribution in [0.25, 0.3) is 10.9 Å². The van der Waals surface area contributed by atoms with Crippen molar-refractivity contribution in [2.24, 2.45) is 0 Å². The van der Waals surface area contributed by atoms with Crippen molar-refractivity contribution >= 4 is 28.6 Å². The van der Waals surface area contributed by atoms with Crippen molar-refractivity contribution in [2.75, 3.05) is 32.8 Å². The molecule has 1 aliphatic carbocycles. The van der Waals surface area contributed by atoms with Gasteiger partial charge in [0.15, 0.2) is 0 Å². The average molecular weight is 564 g/mol. The molecule has 8 heteroatoms. The van der Waals surface area contributed by atoms with Crippen molar-refractivity contribution in [3.05, 3.63) is 88.0 Å². The fraction of sp³-hybridized carbons (Fsp3) is 0.406. The highest BCUT2D eigenvalue weighted by atomic mass is 35.5. The quantitative estimate of drug-likeness (QED) is 0.299. The minimum Gasteiger partial charge on any atom is -0.494 e. The Morgan fingerprint density at radius 2 is 1.90 bits per heavy atom. The summed E-state index contributed by atoms with van der Waals surface area (Å²) in [7, 11) is 0. The molecule has 6 rings (SSSR count). The number of aromatic amines is 1. The number of fused-ring (bicyclic) bond motifs is 3. The van der Waals surface area contributed by atoms with Gasteiger partial charge in [0.1, 0.15) is 23.4 Å². The highest BCUT2D eigenvalue weighted by molar-refractivity contribution is 6.31. The van der Waals surface area contributed by atoms with E-state index in [2.05, 4.69) is 9.88 Å². The Bertz CT molecular complexity index is 1440. The van der Waals surface area contributed by atoms with Crippen LogP contribution in [0.2, 0.25) is 5.02 Å². The Morgan fingerprint density at radius 1 is 1.02 bits per heavy atom. The van der Waals surface area contributed by atoms with Crippen LogP contribution in [0.3, 0.4) is 0 Å². The molecule has 3 aliphatic rings. The van der Waals surface area contributed by atoms with Crippen LogP contribution in [0.1, 0.15) is 61.4 Å². The molecule has 3 aromatic rings. The number of likely N-dealkylation sites (tertiary alicyclic amines) is 1. The third kappa shape index (κ3) is 5.91. The second-order valence-corrected chi connectivity index (χ2v) is 11.3. The molecule has 0 bridgehead atoms. The summed E-state index contributed by atoms with van der Waals surface area (Å²) < 4.78 is 25.5. The fourth-order valence-electron chi connectivity index (χ4n) is 6.09. The molecule has 0 saturated carbocycles. The van der Waals surface area contributed by atoms with E-state index in [0.717, 1.165) is 46.4 Å². The van der Waals surface area contributed by atoms with Crippen LogP contribution >= 0.6 is 11.6 Å². The van der Waals surface area contributed by atoms with E-state index in [1.165, 1.54) is 38.4 Å². The number of hydrogen-bond acceptors (Lipinski definition) is 4. The Kier molecular flexibility index (Phi) is 8.12. The van der Waals surface area contributed by atoms with Gasteiger partial charge in [-0.3, -0.25) is 4.90 Å². The van der Waals surface area contributed by atoms with Gasteiger partial charge < -0.3 is 19.4 Å². The third-order valence-corrected chi connectivity index (χ3v) is 8.35. The second kappa shape index (κ2) is 12.1. The molecule has 1 amide bonds. The zero-order valence-electron chi connectivity index (χ0n) is 22.6. The zero-order valence-corrected chi connectivity index (χ0v) is 23.4. The molecule has 0 radical (unpaired) electrons. The van der Waals surface area contributed by atoms with Crippen LogP contribution in [0.15, 0.2) is 66.2 Å². The van der Waals surface area contributed by atoms with E-state index >= 15 is 0 Å². The summed E-state index contributed by atoms with van der Waals surface area (Å²) in [5.41, 5.74) is 4.02. The smallest absolute Gasteiger partial charge is 0.415 e. The maximum Gasteiger partial charge on any atom is 0.415 e. The number of nitrogens with zero attached hydrogens (tertiary/aromatic N) is 2. The second-order valence-electron chi connectivity index (χ2n) is 10.8. The van der Waals surface area contributed by atoms with Crippen molar-refractivity contribution in [3.63, 3.8) is 0 Å². The molecular weight excluding hydrogens is 529 g/mol. The summed E-state index contributed by atoms with van der Waals surface area (Å²) in [6, 6.07) is 13.4. The number of nitrogens with one attached hydrogen (secondary N) is 1. The van der Waals surface area contributed by atoms with Crippen molar-refractivity contribution in [2.45, 2.75) is 51.0 Å². The number of halogens is 2. The average Bonchev–Trinajstić information content (AvgIpc) is 3.34. The lowest BCUT2D eigenvalue weighted by molar-refractivity contribution is 0.110. The van der Waals surface area contributed by atoms with Gasteiger partial charge in [-0.25, -0.2) is 9.18 Å². The molecule has 2 aliphatic heterocycles. The maximum absolute atomic E-state index is 13.5. The summed E-state index contributed by atoms with van der Waals surface area (Å²) in [6.45, 7) is 4.55. The van der Waals surface area contributed by atoms with E-state index in [9.17, 15) is 9.18 Å². The van der Waals surface area contributed by atoms with Crippen LogP contribution in [-0.2, 0) is 11.2 Å². The summed E-state index contributed by atoms with van der Waals surface area (Å²) in [5, 5.41) is 1.75. The lowest BCUT2D eigenvalue weighted by Crippen LogP contribution is -2.41. The molecule has 3 heterocycles. The van der Waals surface area contributed by atoms with Crippen molar-refractivity contribution in [1.29, 1.82) is 0 Å². The number of amides is 1. The molecule has 1 saturated heterocycles. The molecule has 1 N–H and O–H groups in total. The Morgan fingerprint density at radius 3 is 2.73 bits per heavy atom. The van der Waals surface area contributed by atoms with Crippen molar-refractivity contribution in [3.8, 4) is 5.75 Å². The number of allylic oxidation sites excluding steroid dienone is 4. The lowest BCUT2D eigenvalue weighted by Gasteiger charge is -2.35. The normalized spacial score (nSPS) is 19.6. The monoisotopic (exact) mass is 563 g/mol. The van der Waals surface area contributed by atoms with Gasteiger partial charge in [0.25, 0.3) is 0 Å². The molecule has 2 aromatic carbocycles. The van der Waals surface area contributed by atoms with Gasteiger partial charge in [0.2, 0.25) is 0 Å². The molecule has 1 atom stereocenters. The van der Waals surface area contributed by atoms with Gasteiger partial charge in [0, 0.05) is 47.6 Å². The van der Waals surface area contributed by atoms with Crippen molar-refractivity contribution < 1.29 is 18.7 Å². The number of rotatable bonds is 7. The number of carbonyl (C=O) groups is 1. The van der Waals surface area contributed by atoms with E-state index < -0.39 is 12.1 Å². The van der Waals surface area contributed by atoms with Crippen LogP contribution in [0, 0.1) is 0 Å². The molecular formula is C32H35ClFN3O3. The minimum absolute atomic E-state index is 0.204. The molecule has 210 valence electrons. The Labute approximate surface area is 239 Å². The number of H-pyrrole nitrogens is 1. The summed E-state index contributed by atoms with van der Waals surface area (Å²) in [6.07, 6.45) is 8.63. The fourth-order valence-corrected chi connectivity index (χ4v) is 6.26. The van der Waals surface area contributed by atoms with E-state index in [1.807, 2.05) is 42.5 Å². The zero-order chi connectivity index (χ0) is 27.5. The van der Waals surface area contributed by atoms with Crippen LogP contribution in [0.5, 0.6) is 5.75 Å². The predicted molar refractivity (Wildman–Crippen MR) is 155 cm³/mol. The van der Waals surface area contributed by atoms with Crippen LogP contribution in [0.4, 0.5) is 9.18 Å². The largest absolute Gasteiger partial charge is 0.494 e. The van der Waals surface area contributed by atoms with Crippen LogP contribution < -0.4 is 4.74 Å². The van der Waals surface area contributed by atoms with E-state index in [1.54, 1.807) is 11.0 Å². The van der Waals surface area contributed by atoms with Gasteiger partial charge in [-0.1, -0.05) is 30.2 Å². The Hall–Kier alpha value is -3.29. The van der Waals surface area contributed by atoms with E-state index in [4.69, 9.17) is 21.1 Å². The van der Waals surface area contributed by atoms with E-state index in [0.29, 0.717) is 36.8 Å². The number of piperidine rings is 1. The number of carbonyl (C=O) groups excluding carboxylic acids is 1. The standard InChI is InChI=1S/C32H35ClFN3O3/c33-23-8-13-29-28(21-23)27-14-18-37(32(38)40-25-11-9-24(34)10-12-25)31(30(27)35-29)22-6-4-7-26(20-22)39-19-5-17-36-15-2-1-3-16-36/h4,6-9,11,13,20-21,31,35H,1-3,5,10,12,14-19H2. The predicted octanol–water partition coefficient (Wildman–Crippen LogP) is 7.69. The topological polar surface area (TPSA) is 57.8 Å². The van der Waals surface area contributed by atoms with Gasteiger partial charge in [0.05, 0.1) is 6.61 Å². The minimum atomic E-state index is -0.442. The van der Waals surface area contributed by atoms with Gasteiger partial charge in [-0.15, -0.1) is 0 Å². The summed E-state index contributed by atoms with van der Waals surface area (Å²) in [4.78, 5) is 21.4. The first-order valence-corrected chi connectivity index (χ1v) is 14.7. The SMILES string of the molecule is O=C(OC1=CC=C(F)CC1)N1CCc2c([nH]c3ccc(Cl)cc23)C1c1cccc(OCCCN2CCCCC2)c1. The number of aromatic nitrogens is 1. The molecule has 1 unspecified atom stereocenters. The molecule has 1 aromatic heterocycles. The number of benzene rings is 2. The highest BCUT2D eigenvalue weighted by Crippen LogP contribution is 2.40. The Balaban J connectivity index is 1.25. The van der Waals surface area contributed by atoms with Gasteiger partial charge >= 0.3 is 6.09 Å². The molecule has 1 fully saturated rings. The number of hydrogen-bond donors (Lipinski definition) is 1. The molecule has 40 heavy (non-hydrogen) atoms. The van der Waals surface area contributed by atoms with Gasteiger partial charge in [-0.2, -0.15) is 0 Å². The van der Waals surface area contributed by atoms with Crippen molar-refractivity contribution in [1.82, 2.24) is 14.8 Å². The lowest BCUT2D eigenvalue weighted by atomic mass is 9.92. The molecule has 6 nitrogen and oxygen atoms in total. The van der Waals surface area contributed by atoms with E-state index in [-0.39, 0.29) is 12.2 Å². The van der Waals surface area contributed by atoms with Gasteiger partial charge in [-0.05, 0) is 92.4 Å².